The number of carboxylic acid groups (broad SMARTS) is 1. The summed E-state index contributed by atoms with van der Waals surface area (Å²) in [5, 5.41) is 27.5. The van der Waals surface area contributed by atoms with E-state index in [-0.39, 0.29) is 11.4 Å². The summed E-state index contributed by atoms with van der Waals surface area (Å²) in [5.74, 6) is -1.74. The monoisotopic (exact) mass is 333 g/mol. The molecule has 0 aliphatic heterocycles. The fourth-order valence-electron chi connectivity index (χ4n) is 2.02. The lowest BCUT2D eigenvalue weighted by Crippen LogP contribution is -2.40. The summed E-state index contributed by atoms with van der Waals surface area (Å²) >= 11 is 0. The van der Waals surface area contributed by atoms with Gasteiger partial charge in [0.05, 0.1) is 16.3 Å². The molecule has 0 fully saturated rings. The summed E-state index contributed by atoms with van der Waals surface area (Å²) in [4.78, 5) is 34.7. The van der Waals surface area contributed by atoms with Crippen LogP contribution in [0.15, 0.2) is 24.3 Å². The molecule has 0 spiro atoms. The Labute approximate surface area is 136 Å². The summed E-state index contributed by atoms with van der Waals surface area (Å²) in [6.45, 7) is 2.95. The van der Waals surface area contributed by atoms with Crippen molar-refractivity contribution in [1.82, 2.24) is 19.9 Å². The number of aliphatic carboxylic acids is 1. The molecule has 0 bridgehead atoms. The third kappa shape index (κ3) is 3.07. The standard InChI is InChI=1S/C14H15N5O5/c1-8-12(13(20)17(3)9(2)14(21)22)15-16-18(8)10-5-4-6-11(7-10)19(23)24/h4-7,9H,1-3H3,(H,21,22). The van der Waals surface area contributed by atoms with Crippen LogP contribution in [0.5, 0.6) is 0 Å². The molecule has 10 nitrogen and oxygen atoms in total. The Morgan fingerprint density at radius 3 is 2.67 bits per heavy atom. The summed E-state index contributed by atoms with van der Waals surface area (Å²) in [5.41, 5.74) is 0.594. The Bertz CT molecular complexity index is 816. The molecule has 1 heterocycles. The number of non-ortho nitro benzene ring substituents is 1. The van der Waals surface area contributed by atoms with Crippen LogP contribution in [0.4, 0.5) is 5.69 Å². The Morgan fingerprint density at radius 2 is 2.08 bits per heavy atom. The zero-order chi connectivity index (χ0) is 18.0. The molecule has 1 aromatic carbocycles. The molecular weight excluding hydrogens is 318 g/mol. The molecule has 24 heavy (non-hydrogen) atoms. The number of aromatic nitrogens is 3. The van der Waals surface area contributed by atoms with Crippen molar-refractivity contribution in [2.45, 2.75) is 19.9 Å². The van der Waals surface area contributed by atoms with E-state index in [0.717, 1.165) is 4.90 Å². The van der Waals surface area contributed by atoms with Crippen LogP contribution in [0, 0.1) is 17.0 Å². The predicted octanol–water partition coefficient (Wildman–Crippen LogP) is 1.03. The summed E-state index contributed by atoms with van der Waals surface area (Å²) < 4.78 is 1.29. The number of benzene rings is 1. The number of nitro groups is 1. The van der Waals surface area contributed by atoms with E-state index in [1.165, 1.54) is 36.9 Å². The smallest absolute Gasteiger partial charge is 0.326 e. The van der Waals surface area contributed by atoms with E-state index < -0.39 is 22.8 Å². The molecule has 0 aliphatic rings. The summed E-state index contributed by atoms with van der Waals surface area (Å²) in [6, 6.07) is 4.70. The Morgan fingerprint density at radius 1 is 1.42 bits per heavy atom. The molecule has 126 valence electrons. The van der Waals surface area contributed by atoms with Crippen molar-refractivity contribution in [2.24, 2.45) is 0 Å². The van der Waals surface area contributed by atoms with Gasteiger partial charge in [0.25, 0.3) is 11.6 Å². The van der Waals surface area contributed by atoms with Crippen molar-refractivity contribution in [3.05, 3.63) is 45.8 Å². The van der Waals surface area contributed by atoms with E-state index in [2.05, 4.69) is 10.3 Å². The van der Waals surface area contributed by atoms with Crippen LogP contribution in [-0.4, -0.2) is 54.9 Å². The van der Waals surface area contributed by atoms with Crippen molar-refractivity contribution in [3.8, 4) is 5.69 Å². The number of likely N-dealkylation sites (N-methyl/N-ethyl adjacent to an activating group) is 1. The van der Waals surface area contributed by atoms with Crippen LogP contribution in [-0.2, 0) is 4.79 Å². The SMILES string of the molecule is Cc1c(C(=O)N(C)C(C)C(=O)O)nnn1-c1cccc([N+](=O)[O-])c1. The fraction of sp³-hybridized carbons (Fsp3) is 0.286. The lowest BCUT2D eigenvalue weighted by molar-refractivity contribution is -0.384. The van der Waals surface area contributed by atoms with Crippen LogP contribution in [0.1, 0.15) is 23.1 Å². The van der Waals surface area contributed by atoms with Gasteiger partial charge in [0.15, 0.2) is 5.69 Å². The lowest BCUT2D eigenvalue weighted by atomic mass is 10.2. The number of carbonyl (C=O) groups excluding carboxylic acids is 1. The van der Waals surface area contributed by atoms with E-state index in [9.17, 15) is 19.7 Å². The average Bonchev–Trinajstić information content (AvgIpc) is 2.94. The molecule has 0 aliphatic carbocycles. The number of hydrogen-bond acceptors (Lipinski definition) is 6. The van der Waals surface area contributed by atoms with Gasteiger partial charge >= 0.3 is 5.97 Å². The number of nitro benzene ring substituents is 1. The van der Waals surface area contributed by atoms with E-state index in [1.807, 2.05) is 0 Å². The first kappa shape index (κ1) is 17.1. The predicted molar refractivity (Wildman–Crippen MR) is 81.9 cm³/mol. The first-order valence-corrected chi connectivity index (χ1v) is 6.91. The van der Waals surface area contributed by atoms with E-state index in [4.69, 9.17) is 5.11 Å². The van der Waals surface area contributed by atoms with Crippen LogP contribution < -0.4 is 0 Å². The number of amides is 1. The molecule has 0 saturated heterocycles. The van der Waals surface area contributed by atoms with Gasteiger partial charge in [0, 0.05) is 19.2 Å². The minimum absolute atomic E-state index is 0.0166. The van der Waals surface area contributed by atoms with Crippen LogP contribution >= 0.6 is 0 Å². The third-order valence-corrected chi connectivity index (χ3v) is 3.64. The minimum Gasteiger partial charge on any atom is -0.480 e. The normalized spacial score (nSPS) is 11.8. The molecule has 0 saturated carbocycles. The van der Waals surface area contributed by atoms with Crippen molar-refractivity contribution < 1.29 is 19.6 Å². The molecule has 1 unspecified atom stereocenters. The van der Waals surface area contributed by atoms with Gasteiger partial charge in [-0.25, -0.2) is 9.48 Å². The topological polar surface area (TPSA) is 131 Å². The molecule has 1 amide bonds. The maximum Gasteiger partial charge on any atom is 0.326 e. The van der Waals surface area contributed by atoms with Gasteiger partial charge in [0.1, 0.15) is 6.04 Å². The highest BCUT2D eigenvalue weighted by atomic mass is 16.6. The molecule has 2 aromatic rings. The Balaban J connectivity index is 2.38. The van der Waals surface area contributed by atoms with Gasteiger partial charge < -0.3 is 10.0 Å². The average molecular weight is 333 g/mol. The Hall–Kier alpha value is -3.30. The Kier molecular flexibility index (Phi) is 4.58. The van der Waals surface area contributed by atoms with Crippen molar-refractivity contribution >= 4 is 17.6 Å². The maximum atomic E-state index is 12.4. The van der Waals surface area contributed by atoms with Gasteiger partial charge in [-0.1, -0.05) is 11.3 Å². The molecule has 2 rings (SSSR count). The van der Waals surface area contributed by atoms with Crippen molar-refractivity contribution in [2.75, 3.05) is 7.05 Å². The summed E-state index contributed by atoms with van der Waals surface area (Å²) in [7, 11) is 1.35. The summed E-state index contributed by atoms with van der Waals surface area (Å²) in [6.07, 6.45) is 0. The van der Waals surface area contributed by atoms with Gasteiger partial charge in [-0.2, -0.15) is 0 Å². The molecular formula is C14H15N5O5. The second-order valence-corrected chi connectivity index (χ2v) is 5.14. The molecule has 1 aromatic heterocycles. The van der Waals surface area contributed by atoms with Crippen LogP contribution in [0.3, 0.4) is 0 Å². The van der Waals surface area contributed by atoms with Gasteiger partial charge in [-0.15, -0.1) is 5.10 Å². The van der Waals surface area contributed by atoms with E-state index in [1.54, 1.807) is 13.0 Å². The van der Waals surface area contributed by atoms with Crippen LogP contribution in [0.2, 0.25) is 0 Å². The quantitative estimate of drug-likeness (QED) is 0.638. The fourth-order valence-corrected chi connectivity index (χ4v) is 2.02. The number of nitrogens with zero attached hydrogens (tertiary/aromatic N) is 5. The zero-order valence-electron chi connectivity index (χ0n) is 13.2. The highest BCUT2D eigenvalue weighted by molar-refractivity contribution is 5.95. The van der Waals surface area contributed by atoms with Crippen molar-refractivity contribution in [1.29, 1.82) is 0 Å². The second kappa shape index (κ2) is 6.44. The third-order valence-electron chi connectivity index (χ3n) is 3.64. The molecule has 1 atom stereocenters. The number of rotatable bonds is 5. The largest absolute Gasteiger partial charge is 0.480 e. The lowest BCUT2D eigenvalue weighted by Gasteiger charge is -2.20. The zero-order valence-corrected chi connectivity index (χ0v) is 13.2. The molecule has 0 radical (unpaired) electrons. The van der Waals surface area contributed by atoms with E-state index >= 15 is 0 Å². The van der Waals surface area contributed by atoms with Gasteiger partial charge in [-0.3, -0.25) is 14.9 Å². The maximum absolute atomic E-state index is 12.4. The molecule has 1 N–H and O–H groups in total. The second-order valence-electron chi connectivity index (χ2n) is 5.14. The number of carboxylic acids is 1. The highest BCUT2D eigenvalue weighted by Gasteiger charge is 2.27. The van der Waals surface area contributed by atoms with Gasteiger partial charge in [-0.05, 0) is 19.9 Å². The highest BCUT2D eigenvalue weighted by Crippen LogP contribution is 2.19. The van der Waals surface area contributed by atoms with Crippen LogP contribution in [0.25, 0.3) is 5.69 Å². The first-order chi connectivity index (χ1) is 11.2. The number of carbonyl (C=O) groups is 2. The minimum atomic E-state index is -1.14. The number of hydrogen-bond donors (Lipinski definition) is 1. The first-order valence-electron chi connectivity index (χ1n) is 6.91. The molecule has 10 heteroatoms. The van der Waals surface area contributed by atoms with Crippen molar-refractivity contribution in [3.63, 3.8) is 0 Å². The van der Waals surface area contributed by atoms with Gasteiger partial charge in [0.2, 0.25) is 0 Å². The van der Waals surface area contributed by atoms with E-state index in [0.29, 0.717) is 11.4 Å².